The van der Waals surface area contributed by atoms with Gasteiger partial charge in [-0.15, -0.1) is 5.10 Å². The summed E-state index contributed by atoms with van der Waals surface area (Å²) in [6.07, 6.45) is 1.84. The van der Waals surface area contributed by atoms with E-state index in [9.17, 15) is 0 Å². The Morgan fingerprint density at radius 1 is 1.32 bits per heavy atom. The van der Waals surface area contributed by atoms with Crippen molar-refractivity contribution < 1.29 is 0 Å². The molecular weight excluding hydrogens is 260 g/mol. The van der Waals surface area contributed by atoms with E-state index in [2.05, 4.69) is 29.5 Å². The molecule has 4 nitrogen and oxygen atoms in total. The first-order valence-electron chi connectivity index (χ1n) is 6.59. The summed E-state index contributed by atoms with van der Waals surface area (Å²) in [5, 5.41) is 12.6. The van der Waals surface area contributed by atoms with Crippen molar-refractivity contribution in [3.05, 3.63) is 40.7 Å². The van der Waals surface area contributed by atoms with Gasteiger partial charge < -0.3 is 5.32 Å². The van der Waals surface area contributed by atoms with Gasteiger partial charge in [-0.3, -0.25) is 0 Å². The first-order chi connectivity index (χ1) is 9.22. The quantitative estimate of drug-likeness (QED) is 0.914. The number of nitrogens with one attached hydrogen (secondary N) is 1. The molecule has 0 bridgehead atoms. The maximum Gasteiger partial charge on any atom is 0.103 e. The normalized spacial score (nSPS) is 12.6. The van der Waals surface area contributed by atoms with Crippen LogP contribution in [-0.2, 0) is 6.42 Å². The average Bonchev–Trinajstić information content (AvgIpc) is 2.84. The smallest absolute Gasteiger partial charge is 0.103 e. The molecule has 0 amide bonds. The van der Waals surface area contributed by atoms with Gasteiger partial charge in [0.05, 0.1) is 22.4 Å². The van der Waals surface area contributed by atoms with Crippen LogP contribution in [0.5, 0.6) is 0 Å². The molecule has 0 saturated heterocycles. The van der Waals surface area contributed by atoms with Gasteiger partial charge in [0.15, 0.2) is 0 Å². The molecule has 2 rings (SSSR count). The highest BCUT2D eigenvalue weighted by molar-refractivity contribution is 6.32. The fraction of sp³-hybridized carbons (Fsp3) is 0.429. The molecule has 0 aliphatic carbocycles. The van der Waals surface area contributed by atoms with Crippen molar-refractivity contribution >= 4 is 11.6 Å². The van der Waals surface area contributed by atoms with Crippen LogP contribution < -0.4 is 5.32 Å². The maximum absolute atomic E-state index is 6.24. The summed E-state index contributed by atoms with van der Waals surface area (Å²) in [6.45, 7) is 4.24. The lowest BCUT2D eigenvalue weighted by atomic mass is 10.1. The molecule has 1 aromatic heterocycles. The summed E-state index contributed by atoms with van der Waals surface area (Å²) in [5.41, 5.74) is 2.99. The molecule has 0 aliphatic heterocycles. The Morgan fingerprint density at radius 3 is 2.63 bits per heavy atom. The molecule has 1 atom stereocenters. The summed E-state index contributed by atoms with van der Waals surface area (Å²) >= 11 is 6.24. The molecule has 0 spiro atoms. The van der Waals surface area contributed by atoms with Gasteiger partial charge in [-0.25, -0.2) is 4.68 Å². The number of nitrogens with zero attached hydrogens (tertiary/aromatic N) is 3. The number of rotatable bonds is 5. The van der Waals surface area contributed by atoms with Crippen LogP contribution in [0.25, 0.3) is 5.69 Å². The van der Waals surface area contributed by atoms with Gasteiger partial charge in [-0.1, -0.05) is 42.8 Å². The Bertz CT molecular complexity index is 546. The second-order valence-corrected chi connectivity index (χ2v) is 4.79. The van der Waals surface area contributed by atoms with Gasteiger partial charge in [-0.05, 0) is 32.0 Å². The maximum atomic E-state index is 6.24. The number of benzene rings is 1. The lowest BCUT2D eigenvalue weighted by Gasteiger charge is -2.13. The predicted molar refractivity (Wildman–Crippen MR) is 77.8 cm³/mol. The zero-order chi connectivity index (χ0) is 13.8. The fourth-order valence-corrected chi connectivity index (χ4v) is 2.48. The van der Waals surface area contributed by atoms with Gasteiger partial charge >= 0.3 is 0 Å². The van der Waals surface area contributed by atoms with E-state index in [1.807, 2.05) is 36.0 Å². The molecule has 1 N–H and O–H groups in total. The largest absolute Gasteiger partial charge is 0.312 e. The predicted octanol–water partition coefficient (Wildman–Crippen LogP) is 3.15. The molecule has 1 heterocycles. The zero-order valence-electron chi connectivity index (χ0n) is 11.5. The van der Waals surface area contributed by atoms with Crippen LogP contribution in [0, 0.1) is 0 Å². The summed E-state index contributed by atoms with van der Waals surface area (Å²) in [6, 6.07) is 7.92. The van der Waals surface area contributed by atoms with Crippen molar-refractivity contribution in [3.8, 4) is 5.69 Å². The third-order valence-corrected chi connectivity index (χ3v) is 3.62. The molecule has 102 valence electrons. The van der Waals surface area contributed by atoms with Gasteiger partial charge in [0.25, 0.3) is 0 Å². The Morgan fingerprint density at radius 2 is 2.05 bits per heavy atom. The number of aromatic nitrogens is 3. The zero-order valence-corrected chi connectivity index (χ0v) is 12.3. The number of hydrogen-bond donors (Lipinski definition) is 1. The lowest BCUT2D eigenvalue weighted by Crippen LogP contribution is -2.17. The van der Waals surface area contributed by atoms with Crippen LogP contribution >= 0.6 is 11.6 Å². The lowest BCUT2D eigenvalue weighted by molar-refractivity contribution is 0.555. The third-order valence-electron chi connectivity index (χ3n) is 3.30. The Labute approximate surface area is 118 Å². The molecule has 0 aliphatic rings. The molecule has 5 heteroatoms. The van der Waals surface area contributed by atoms with E-state index < -0.39 is 0 Å². The van der Waals surface area contributed by atoms with Crippen molar-refractivity contribution in [3.63, 3.8) is 0 Å². The summed E-state index contributed by atoms with van der Waals surface area (Å²) in [4.78, 5) is 0. The highest BCUT2D eigenvalue weighted by atomic mass is 35.5. The Balaban J connectivity index is 2.51. The van der Waals surface area contributed by atoms with Gasteiger partial charge in [0, 0.05) is 0 Å². The summed E-state index contributed by atoms with van der Waals surface area (Å²) < 4.78 is 1.84. The second-order valence-electron chi connectivity index (χ2n) is 4.39. The van der Waals surface area contributed by atoms with E-state index in [0.717, 1.165) is 29.9 Å². The standard InChI is InChI=1S/C14H19ClN4/c1-4-11(16-3)14-12(5-2)19(18-17-14)13-9-7-6-8-10(13)15/h6-9,11,16H,4-5H2,1-3H3. The average molecular weight is 279 g/mol. The minimum Gasteiger partial charge on any atom is -0.312 e. The number of para-hydroxylation sites is 1. The molecule has 1 unspecified atom stereocenters. The van der Waals surface area contributed by atoms with Crippen LogP contribution in [0.2, 0.25) is 5.02 Å². The SMILES string of the molecule is CCc1c(C(CC)NC)nnn1-c1ccccc1Cl. The molecule has 0 saturated carbocycles. The van der Waals surface area contributed by atoms with E-state index in [0.29, 0.717) is 5.02 Å². The molecule has 1 aromatic carbocycles. The molecular formula is C14H19ClN4. The van der Waals surface area contributed by atoms with E-state index in [1.165, 1.54) is 0 Å². The van der Waals surface area contributed by atoms with E-state index in [4.69, 9.17) is 11.6 Å². The minimum atomic E-state index is 0.228. The summed E-state index contributed by atoms with van der Waals surface area (Å²) in [5.74, 6) is 0. The highest BCUT2D eigenvalue weighted by Gasteiger charge is 2.19. The fourth-order valence-electron chi connectivity index (χ4n) is 2.27. The van der Waals surface area contributed by atoms with Crippen LogP contribution in [0.3, 0.4) is 0 Å². The van der Waals surface area contributed by atoms with E-state index >= 15 is 0 Å². The second kappa shape index (κ2) is 6.17. The van der Waals surface area contributed by atoms with Gasteiger partial charge in [-0.2, -0.15) is 0 Å². The Hall–Kier alpha value is -1.39. The number of halogens is 1. The van der Waals surface area contributed by atoms with Gasteiger partial charge in [0.2, 0.25) is 0 Å². The van der Waals surface area contributed by atoms with Crippen LogP contribution in [-0.4, -0.2) is 22.0 Å². The van der Waals surface area contributed by atoms with E-state index in [-0.39, 0.29) is 6.04 Å². The van der Waals surface area contributed by atoms with Crippen LogP contribution in [0.4, 0.5) is 0 Å². The number of hydrogen-bond acceptors (Lipinski definition) is 3. The summed E-state index contributed by atoms with van der Waals surface area (Å²) in [7, 11) is 1.95. The van der Waals surface area contributed by atoms with Crippen molar-refractivity contribution in [2.75, 3.05) is 7.05 Å². The van der Waals surface area contributed by atoms with Crippen molar-refractivity contribution in [2.45, 2.75) is 32.7 Å². The van der Waals surface area contributed by atoms with Crippen molar-refractivity contribution in [1.82, 2.24) is 20.3 Å². The van der Waals surface area contributed by atoms with E-state index in [1.54, 1.807) is 0 Å². The third kappa shape index (κ3) is 2.65. The molecule has 0 fully saturated rings. The molecule has 19 heavy (non-hydrogen) atoms. The topological polar surface area (TPSA) is 42.7 Å². The highest BCUT2D eigenvalue weighted by Crippen LogP contribution is 2.25. The van der Waals surface area contributed by atoms with Crippen molar-refractivity contribution in [1.29, 1.82) is 0 Å². The molecule has 0 radical (unpaired) electrons. The Kier molecular flexibility index (Phi) is 4.56. The first-order valence-corrected chi connectivity index (χ1v) is 6.97. The van der Waals surface area contributed by atoms with Crippen LogP contribution in [0.1, 0.15) is 37.7 Å². The van der Waals surface area contributed by atoms with Crippen LogP contribution in [0.15, 0.2) is 24.3 Å². The monoisotopic (exact) mass is 278 g/mol. The first kappa shape index (κ1) is 14.0. The van der Waals surface area contributed by atoms with Crippen molar-refractivity contribution in [2.24, 2.45) is 0 Å². The van der Waals surface area contributed by atoms with Gasteiger partial charge in [0.1, 0.15) is 5.69 Å². The minimum absolute atomic E-state index is 0.228. The molecule has 2 aromatic rings.